The van der Waals surface area contributed by atoms with Crippen molar-refractivity contribution in [3.63, 3.8) is 0 Å². The van der Waals surface area contributed by atoms with E-state index < -0.39 is 0 Å². The first kappa shape index (κ1) is 12.5. The average Bonchev–Trinajstić information content (AvgIpc) is 2.92. The summed E-state index contributed by atoms with van der Waals surface area (Å²) in [7, 11) is 0. The van der Waals surface area contributed by atoms with E-state index in [-0.39, 0.29) is 0 Å². The Kier molecular flexibility index (Phi) is 2.95. The summed E-state index contributed by atoms with van der Waals surface area (Å²) in [5.41, 5.74) is 11.3. The number of nitrogens with zero attached hydrogens (tertiary/aromatic N) is 1. The summed E-state index contributed by atoms with van der Waals surface area (Å²) in [6.07, 6.45) is 5.96. The van der Waals surface area contributed by atoms with Gasteiger partial charge in [-0.25, -0.2) is 0 Å². The summed E-state index contributed by atoms with van der Waals surface area (Å²) in [6.45, 7) is 1.02. The number of hydrogen-bond acceptors (Lipinski definition) is 1. The van der Waals surface area contributed by atoms with E-state index >= 15 is 0 Å². The Balaban J connectivity index is 1.73. The molecule has 0 spiro atoms. The second-order valence-corrected chi connectivity index (χ2v) is 6.04. The van der Waals surface area contributed by atoms with E-state index in [1.54, 1.807) is 0 Å². The lowest BCUT2D eigenvalue weighted by Crippen LogP contribution is -2.15. The molecule has 0 aliphatic heterocycles. The zero-order valence-electron chi connectivity index (χ0n) is 12.1. The zero-order chi connectivity index (χ0) is 14.2. The van der Waals surface area contributed by atoms with E-state index in [0.717, 1.165) is 12.2 Å². The molecule has 2 nitrogen and oxygen atoms in total. The van der Waals surface area contributed by atoms with Crippen molar-refractivity contribution in [2.75, 3.05) is 5.73 Å². The molecule has 21 heavy (non-hydrogen) atoms. The first-order valence-electron chi connectivity index (χ1n) is 7.74. The highest BCUT2D eigenvalue weighted by Gasteiger charge is 2.20. The molecule has 4 rings (SSSR count). The fraction of sp³-hybridized carbons (Fsp3) is 0.263. The maximum Gasteiger partial charge on any atom is 0.0714 e. The molecule has 0 bridgehead atoms. The number of aryl methyl sites for hydroxylation is 1. The van der Waals surface area contributed by atoms with Gasteiger partial charge in [-0.2, -0.15) is 0 Å². The lowest BCUT2D eigenvalue weighted by atomic mass is 9.83. The summed E-state index contributed by atoms with van der Waals surface area (Å²) < 4.78 is 2.33. The number of benzene rings is 2. The van der Waals surface area contributed by atoms with Gasteiger partial charge in [0.2, 0.25) is 0 Å². The Morgan fingerprint density at radius 1 is 1.05 bits per heavy atom. The molecule has 0 fully saturated rings. The third kappa shape index (κ3) is 2.11. The molecular formula is C19H20N2. The standard InChI is InChI=1S/C19H20N2/c20-18-10-4-7-15-11-12-21(19(15)18)13-16-8-3-6-14-5-1-2-9-17(14)16/h1-2,4-5,7,9-12,16H,3,6,8,13,20H2. The van der Waals surface area contributed by atoms with Crippen molar-refractivity contribution in [1.29, 1.82) is 0 Å². The second kappa shape index (κ2) is 4.96. The number of hydrogen-bond donors (Lipinski definition) is 1. The molecule has 106 valence electrons. The molecule has 2 heteroatoms. The van der Waals surface area contributed by atoms with Crippen molar-refractivity contribution >= 4 is 16.6 Å². The molecule has 1 aliphatic rings. The molecule has 2 N–H and O–H groups in total. The third-order valence-electron chi connectivity index (χ3n) is 4.73. The van der Waals surface area contributed by atoms with Crippen LogP contribution < -0.4 is 5.73 Å². The van der Waals surface area contributed by atoms with Crippen molar-refractivity contribution in [1.82, 2.24) is 4.57 Å². The summed E-state index contributed by atoms with van der Waals surface area (Å²) in [4.78, 5) is 0. The Morgan fingerprint density at radius 3 is 2.90 bits per heavy atom. The molecule has 3 aromatic rings. The van der Waals surface area contributed by atoms with Gasteiger partial charge in [0.15, 0.2) is 0 Å². The Labute approximate surface area is 125 Å². The lowest BCUT2D eigenvalue weighted by Gasteiger charge is -2.26. The van der Waals surface area contributed by atoms with E-state index in [0.29, 0.717) is 5.92 Å². The van der Waals surface area contributed by atoms with Crippen LogP contribution in [-0.4, -0.2) is 4.57 Å². The number of fused-ring (bicyclic) bond motifs is 2. The van der Waals surface area contributed by atoms with Crippen LogP contribution in [0.5, 0.6) is 0 Å². The van der Waals surface area contributed by atoms with Gasteiger partial charge in [-0.1, -0.05) is 36.4 Å². The largest absolute Gasteiger partial charge is 0.397 e. The summed E-state index contributed by atoms with van der Waals surface area (Å²) in [5.74, 6) is 0.602. The Hall–Kier alpha value is -2.22. The smallest absolute Gasteiger partial charge is 0.0714 e. The van der Waals surface area contributed by atoms with Crippen molar-refractivity contribution in [2.24, 2.45) is 0 Å². The minimum Gasteiger partial charge on any atom is -0.397 e. The van der Waals surface area contributed by atoms with Crippen LogP contribution in [0, 0.1) is 0 Å². The van der Waals surface area contributed by atoms with Gasteiger partial charge in [0.25, 0.3) is 0 Å². The molecular weight excluding hydrogens is 256 g/mol. The zero-order valence-corrected chi connectivity index (χ0v) is 12.1. The van der Waals surface area contributed by atoms with Crippen LogP contribution in [0.1, 0.15) is 29.9 Å². The van der Waals surface area contributed by atoms with Gasteiger partial charge in [-0.15, -0.1) is 0 Å². The molecule has 0 saturated heterocycles. The number of aromatic nitrogens is 1. The maximum absolute atomic E-state index is 6.18. The van der Waals surface area contributed by atoms with Gasteiger partial charge < -0.3 is 10.3 Å². The van der Waals surface area contributed by atoms with Gasteiger partial charge in [-0.05, 0) is 42.5 Å². The molecule has 1 aliphatic carbocycles. The monoisotopic (exact) mass is 276 g/mol. The van der Waals surface area contributed by atoms with Crippen LogP contribution in [0.4, 0.5) is 5.69 Å². The first-order chi connectivity index (χ1) is 10.3. The highest BCUT2D eigenvalue weighted by molar-refractivity contribution is 5.90. The normalized spacial score (nSPS) is 17.8. The van der Waals surface area contributed by atoms with Crippen LogP contribution in [0.25, 0.3) is 10.9 Å². The lowest BCUT2D eigenvalue weighted by molar-refractivity contribution is 0.491. The predicted molar refractivity (Wildman–Crippen MR) is 88.5 cm³/mol. The summed E-state index contributed by atoms with van der Waals surface area (Å²) in [5, 5.41) is 1.24. The molecule has 0 amide bonds. The van der Waals surface area contributed by atoms with Crippen LogP contribution in [0.2, 0.25) is 0 Å². The van der Waals surface area contributed by atoms with E-state index in [4.69, 9.17) is 5.73 Å². The topological polar surface area (TPSA) is 30.9 Å². The molecule has 1 atom stereocenters. The highest BCUT2D eigenvalue weighted by Crippen LogP contribution is 2.34. The third-order valence-corrected chi connectivity index (χ3v) is 4.73. The minimum atomic E-state index is 0.602. The van der Waals surface area contributed by atoms with Crippen LogP contribution >= 0.6 is 0 Å². The number of nitrogen functional groups attached to an aromatic ring is 1. The Morgan fingerprint density at radius 2 is 1.95 bits per heavy atom. The van der Waals surface area contributed by atoms with Gasteiger partial charge >= 0.3 is 0 Å². The van der Waals surface area contributed by atoms with Gasteiger partial charge in [-0.3, -0.25) is 0 Å². The van der Waals surface area contributed by atoms with Crippen molar-refractivity contribution in [3.05, 3.63) is 65.9 Å². The molecule has 0 saturated carbocycles. The predicted octanol–water partition coefficient (Wildman–Crippen LogP) is 4.34. The summed E-state index contributed by atoms with van der Waals surface area (Å²) >= 11 is 0. The quantitative estimate of drug-likeness (QED) is 0.693. The van der Waals surface area contributed by atoms with Gasteiger partial charge in [0.1, 0.15) is 0 Å². The Bertz CT molecular complexity index is 785. The van der Waals surface area contributed by atoms with E-state index in [9.17, 15) is 0 Å². The van der Waals surface area contributed by atoms with E-state index in [1.165, 1.54) is 41.3 Å². The minimum absolute atomic E-state index is 0.602. The molecule has 1 unspecified atom stereocenters. The van der Waals surface area contributed by atoms with Gasteiger partial charge in [0, 0.05) is 24.0 Å². The van der Waals surface area contributed by atoms with E-state index in [1.807, 2.05) is 12.1 Å². The van der Waals surface area contributed by atoms with Crippen molar-refractivity contribution in [3.8, 4) is 0 Å². The van der Waals surface area contributed by atoms with Crippen LogP contribution in [0.3, 0.4) is 0 Å². The second-order valence-electron chi connectivity index (χ2n) is 6.04. The number of para-hydroxylation sites is 1. The van der Waals surface area contributed by atoms with Crippen LogP contribution in [-0.2, 0) is 13.0 Å². The SMILES string of the molecule is Nc1cccc2ccn(CC3CCCc4ccccc43)c12. The first-order valence-corrected chi connectivity index (χ1v) is 7.74. The fourth-order valence-corrected chi connectivity index (χ4v) is 3.72. The molecule has 1 aromatic heterocycles. The van der Waals surface area contributed by atoms with Crippen LogP contribution in [0.15, 0.2) is 54.7 Å². The van der Waals surface area contributed by atoms with E-state index in [2.05, 4.69) is 47.2 Å². The highest BCUT2D eigenvalue weighted by atomic mass is 15.0. The maximum atomic E-state index is 6.18. The number of rotatable bonds is 2. The summed E-state index contributed by atoms with van der Waals surface area (Å²) in [6, 6.07) is 17.2. The molecule has 0 radical (unpaired) electrons. The fourth-order valence-electron chi connectivity index (χ4n) is 3.72. The molecule has 1 heterocycles. The van der Waals surface area contributed by atoms with Gasteiger partial charge in [0.05, 0.1) is 11.2 Å². The van der Waals surface area contributed by atoms with Crippen molar-refractivity contribution < 1.29 is 0 Å². The number of nitrogens with two attached hydrogens (primary N) is 1. The molecule has 2 aromatic carbocycles. The number of anilines is 1. The average molecular weight is 276 g/mol. The van der Waals surface area contributed by atoms with Crippen molar-refractivity contribution in [2.45, 2.75) is 31.7 Å².